The molecule has 0 bridgehead atoms. The fourth-order valence-electron chi connectivity index (χ4n) is 5.47. The quantitative estimate of drug-likeness (QED) is 0.182. The van der Waals surface area contributed by atoms with Gasteiger partial charge < -0.3 is 15.2 Å². The molecule has 0 saturated heterocycles. The number of ether oxygens (including phenoxy) is 1. The van der Waals surface area contributed by atoms with E-state index in [0.717, 1.165) is 16.7 Å². The smallest absolute Gasteiger partial charge is 0.416 e. The number of amides is 1. The first-order chi connectivity index (χ1) is 22.8. The molecule has 48 heavy (non-hydrogen) atoms. The molecule has 0 spiro atoms. The molecule has 13 heteroatoms. The Hall–Kier alpha value is -5.72. The second kappa shape index (κ2) is 13.6. The first-order valence-corrected chi connectivity index (χ1v) is 14.5. The van der Waals surface area contributed by atoms with Crippen molar-refractivity contribution in [3.8, 4) is 22.6 Å². The van der Waals surface area contributed by atoms with E-state index in [1.165, 1.54) is 56.5 Å². The number of carbonyl (C=O) groups is 1. The third kappa shape index (κ3) is 6.57. The van der Waals surface area contributed by atoms with Crippen LogP contribution in [-0.4, -0.2) is 27.3 Å². The van der Waals surface area contributed by atoms with Gasteiger partial charge in [0.25, 0.3) is 11.5 Å². The molecule has 1 aromatic heterocycles. The van der Waals surface area contributed by atoms with Crippen LogP contribution in [0.2, 0.25) is 0 Å². The molecule has 248 valence electrons. The highest BCUT2D eigenvalue weighted by molar-refractivity contribution is 5.97. The lowest BCUT2D eigenvalue weighted by Gasteiger charge is -2.24. The number of hydrogen-bond donors (Lipinski definition) is 2. The minimum atomic E-state index is -4.99. The monoisotopic (exact) mass is 665 g/mol. The van der Waals surface area contributed by atoms with Gasteiger partial charge in [-0.2, -0.15) is 13.2 Å². The minimum Gasteiger partial charge on any atom is -0.507 e. The first kappa shape index (κ1) is 33.6. The maximum Gasteiger partial charge on any atom is 0.416 e. The van der Waals surface area contributed by atoms with Crippen molar-refractivity contribution in [1.82, 2.24) is 14.5 Å². The Balaban J connectivity index is 1.75. The standard InChI is InChI=1S/C35H28F5N3O5/c1-20-30(23-13-8-17-29(48-2)31(23)37)33(46)43(34(47)42(20)18-24-25(35(38,39)40)14-9-15-26(24)36)19-27(21-10-4-3-5-11-21)41-32(45)22-12-6-7-16-28(22)44/h3-17,27,44H,18-19H2,1-2H3,(H,41,45)/t27-/m0/s1. The van der Waals surface area contributed by atoms with Crippen molar-refractivity contribution in [1.29, 1.82) is 0 Å². The number of phenolic OH excluding ortho intramolecular Hbond substituents is 1. The Bertz CT molecular complexity index is 2110. The Morgan fingerprint density at radius 2 is 1.56 bits per heavy atom. The van der Waals surface area contributed by atoms with Gasteiger partial charge in [0.1, 0.15) is 11.6 Å². The van der Waals surface area contributed by atoms with E-state index in [0.29, 0.717) is 16.2 Å². The number of para-hydroxylation sites is 1. The Morgan fingerprint density at radius 1 is 0.896 bits per heavy atom. The van der Waals surface area contributed by atoms with Gasteiger partial charge in [0, 0.05) is 16.8 Å². The summed E-state index contributed by atoms with van der Waals surface area (Å²) in [7, 11) is 1.20. The van der Waals surface area contributed by atoms with Crippen LogP contribution in [0.25, 0.3) is 11.1 Å². The Morgan fingerprint density at radius 3 is 2.23 bits per heavy atom. The van der Waals surface area contributed by atoms with Crippen LogP contribution >= 0.6 is 0 Å². The molecular weight excluding hydrogens is 637 g/mol. The molecule has 5 aromatic rings. The summed E-state index contributed by atoms with van der Waals surface area (Å²) in [6, 6.07) is 19.0. The number of hydrogen-bond acceptors (Lipinski definition) is 5. The fraction of sp³-hybridized carbons (Fsp3) is 0.171. The summed E-state index contributed by atoms with van der Waals surface area (Å²) >= 11 is 0. The summed E-state index contributed by atoms with van der Waals surface area (Å²) in [5, 5.41) is 13.0. The summed E-state index contributed by atoms with van der Waals surface area (Å²) in [6.45, 7) is -0.307. The van der Waals surface area contributed by atoms with E-state index in [2.05, 4.69) is 5.32 Å². The number of nitrogens with one attached hydrogen (secondary N) is 1. The molecule has 0 saturated carbocycles. The zero-order chi connectivity index (χ0) is 34.7. The molecule has 1 amide bonds. The molecule has 0 aliphatic heterocycles. The van der Waals surface area contributed by atoms with E-state index in [1.54, 1.807) is 30.3 Å². The number of halogens is 5. The summed E-state index contributed by atoms with van der Waals surface area (Å²) in [5.41, 5.74) is -5.01. The molecule has 0 fully saturated rings. The van der Waals surface area contributed by atoms with Gasteiger partial charge in [-0.1, -0.05) is 60.7 Å². The van der Waals surface area contributed by atoms with E-state index >= 15 is 8.78 Å². The molecule has 0 unspecified atom stereocenters. The van der Waals surface area contributed by atoms with Crippen molar-refractivity contribution in [2.24, 2.45) is 0 Å². The summed E-state index contributed by atoms with van der Waals surface area (Å²) in [4.78, 5) is 41.6. The largest absolute Gasteiger partial charge is 0.507 e. The molecule has 1 heterocycles. The highest BCUT2D eigenvalue weighted by atomic mass is 19.4. The van der Waals surface area contributed by atoms with Crippen LogP contribution < -0.4 is 21.3 Å². The SMILES string of the molecule is COc1cccc(-c2c(C)n(Cc3c(F)cccc3C(F)(F)F)c(=O)n(C[C@H](NC(=O)c3ccccc3O)c3ccccc3)c2=O)c1F. The maximum absolute atomic E-state index is 15.7. The van der Waals surface area contributed by atoms with Gasteiger partial charge in [-0.3, -0.25) is 18.7 Å². The van der Waals surface area contributed by atoms with Gasteiger partial charge in [0.05, 0.1) is 42.9 Å². The van der Waals surface area contributed by atoms with Crippen LogP contribution in [0.3, 0.4) is 0 Å². The van der Waals surface area contributed by atoms with E-state index < -0.39 is 70.8 Å². The van der Waals surface area contributed by atoms with Gasteiger partial charge in [0.15, 0.2) is 11.6 Å². The van der Waals surface area contributed by atoms with Crippen molar-refractivity contribution in [2.45, 2.75) is 32.2 Å². The van der Waals surface area contributed by atoms with Crippen LogP contribution in [0.5, 0.6) is 11.5 Å². The predicted octanol–water partition coefficient (Wildman–Crippen LogP) is 6.22. The van der Waals surface area contributed by atoms with Crippen LogP contribution in [0.1, 0.15) is 38.8 Å². The van der Waals surface area contributed by atoms with Gasteiger partial charge in [-0.05, 0) is 42.8 Å². The Kier molecular flexibility index (Phi) is 9.50. The zero-order valence-electron chi connectivity index (χ0n) is 25.5. The van der Waals surface area contributed by atoms with Crippen molar-refractivity contribution >= 4 is 5.91 Å². The molecular formula is C35H28F5N3O5. The molecule has 5 rings (SSSR count). The highest BCUT2D eigenvalue weighted by Crippen LogP contribution is 2.34. The number of rotatable bonds is 9. The van der Waals surface area contributed by atoms with E-state index in [9.17, 15) is 32.7 Å². The van der Waals surface area contributed by atoms with Crippen molar-refractivity contribution in [3.63, 3.8) is 0 Å². The lowest BCUT2D eigenvalue weighted by molar-refractivity contribution is -0.138. The summed E-state index contributed by atoms with van der Waals surface area (Å²) in [5.74, 6) is -3.58. The number of aromatic hydroxyl groups is 1. The zero-order valence-corrected chi connectivity index (χ0v) is 25.5. The summed E-state index contributed by atoms with van der Waals surface area (Å²) < 4.78 is 79.1. The average Bonchev–Trinajstić information content (AvgIpc) is 3.06. The first-order valence-electron chi connectivity index (χ1n) is 14.5. The van der Waals surface area contributed by atoms with Gasteiger partial charge in [0.2, 0.25) is 0 Å². The molecule has 4 aromatic carbocycles. The minimum absolute atomic E-state index is 0.106. The van der Waals surface area contributed by atoms with Crippen LogP contribution in [0.15, 0.2) is 101 Å². The van der Waals surface area contributed by atoms with Crippen LogP contribution in [0.4, 0.5) is 22.0 Å². The van der Waals surface area contributed by atoms with E-state index in [-0.39, 0.29) is 28.3 Å². The van der Waals surface area contributed by atoms with Crippen LogP contribution in [0, 0.1) is 18.6 Å². The second-order valence-corrected chi connectivity index (χ2v) is 10.8. The van der Waals surface area contributed by atoms with Crippen molar-refractivity contribution in [3.05, 3.63) is 151 Å². The lowest BCUT2D eigenvalue weighted by Crippen LogP contribution is -2.45. The Labute approximate surface area is 270 Å². The summed E-state index contributed by atoms with van der Waals surface area (Å²) in [6.07, 6.45) is -4.99. The van der Waals surface area contributed by atoms with E-state index in [4.69, 9.17) is 4.74 Å². The average molecular weight is 666 g/mol. The number of carbonyl (C=O) groups excluding carboxylic acids is 1. The third-order valence-corrected chi connectivity index (χ3v) is 7.90. The van der Waals surface area contributed by atoms with Crippen molar-refractivity contribution < 1.29 is 36.6 Å². The fourth-order valence-corrected chi connectivity index (χ4v) is 5.47. The molecule has 1 atom stereocenters. The normalized spacial score (nSPS) is 12.1. The molecule has 0 aliphatic carbocycles. The number of phenols is 1. The number of aromatic nitrogens is 2. The lowest BCUT2D eigenvalue weighted by atomic mass is 10.0. The van der Waals surface area contributed by atoms with Crippen molar-refractivity contribution in [2.75, 3.05) is 7.11 Å². The molecule has 2 N–H and O–H groups in total. The number of alkyl halides is 3. The van der Waals surface area contributed by atoms with E-state index in [1.807, 2.05) is 0 Å². The number of benzene rings is 4. The molecule has 0 aliphatic rings. The number of methoxy groups -OCH3 is 1. The van der Waals surface area contributed by atoms with Gasteiger partial charge in [-0.15, -0.1) is 0 Å². The topological polar surface area (TPSA) is 103 Å². The molecule has 0 radical (unpaired) electrons. The van der Waals surface area contributed by atoms with Gasteiger partial charge in [-0.25, -0.2) is 13.6 Å². The number of nitrogens with zero attached hydrogens (tertiary/aromatic N) is 2. The van der Waals surface area contributed by atoms with Gasteiger partial charge >= 0.3 is 11.9 Å². The molecule has 8 nitrogen and oxygen atoms in total. The van der Waals surface area contributed by atoms with Crippen LogP contribution in [-0.2, 0) is 19.3 Å². The third-order valence-electron chi connectivity index (χ3n) is 7.90. The highest BCUT2D eigenvalue weighted by Gasteiger charge is 2.35. The maximum atomic E-state index is 15.7. The second-order valence-electron chi connectivity index (χ2n) is 10.8. The predicted molar refractivity (Wildman–Crippen MR) is 167 cm³/mol.